The van der Waals surface area contributed by atoms with Gasteiger partial charge in [0.25, 0.3) is 5.91 Å². The van der Waals surface area contributed by atoms with Gasteiger partial charge in [-0.3, -0.25) is 9.89 Å². The minimum atomic E-state index is -0.152. The van der Waals surface area contributed by atoms with Crippen LogP contribution in [0.5, 0.6) is 0 Å². The molecular formula is C13H15N5O. The van der Waals surface area contributed by atoms with E-state index in [-0.39, 0.29) is 17.7 Å². The number of hydrogen-bond donors (Lipinski definition) is 2. The second-order valence-corrected chi connectivity index (χ2v) is 4.64. The van der Waals surface area contributed by atoms with Gasteiger partial charge in [0, 0.05) is 13.1 Å². The highest BCUT2D eigenvalue weighted by molar-refractivity contribution is 5.90. The van der Waals surface area contributed by atoms with Gasteiger partial charge in [-0.2, -0.15) is 4.98 Å². The molecule has 0 aliphatic carbocycles. The number of nitrogen functional groups attached to an aromatic ring is 1. The number of anilines is 1. The van der Waals surface area contributed by atoms with E-state index in [1.807, 2.05) is 12.1 Å². The van der Waals surface area contributed by atoms with Gasteiger partial charge in [0.05, 0.1) is 0 Å². The van der Waals surface area contributed by atoms with Crippen LogP contribution in [0.15, 0.2) is 24.3 Å². The van der Waals surface area contributed by atoms with E-state index < -0.39 is 0 Å². The number of aromatic amines is 1. The van der Waals surface area contributed by atoms with Gasteiger partial charge in [-0.15, -0.1) is 5.10 Å². The molecule has 3 N–H and O–H groups in total. The van der Waals surface area contributed by atoms with Crippen molar-refractivity contribution in [3.05, 3.63) is 41.2 Å². The number of hydrogen-bond acceptors (Lipinski definition) is 4. The predicted molar refractivity (Wildman–Crippen MR) is 70.3 cm³/mol. The van der Waals surface area contributed by atoms with Crippen molar-refractivity contribution in [3.8, 4) is 0 Å². The number of nitrogens with one attached hydrogen (secondary N) is 1. The van der Waals surface area contributed by atoms with Crippen molar-refractivity contribution in [2.45, 2.75) is 19.4 Å². The number of aromatic nitrogens is 3. The first-order valence-electron chi connectivity index (χ1n) is 6.28. The molecule has 0 fully saturated rings. The summed E-state index contributed by atoms with van der Waals surface area (Å²) in [6.45, 7) is 1.32. The summed E-state index contributed by atoms with van der Waals surface area (Å²) < 4.78 is 0. The molecule has 0 spiro atoms. The van der Waals surface area contributed by atoms with E-state index in [1.54, 1.807) is 4.90 Å². The highest BCUT2D eigenvalue weighted by Gasteiger charge is 2.22. The van der Waals surface area contributed by atoms with E-state index in [0.29, 0.717) is 13.1 Å². The van der Waals surface area contributed by atoms with E-state index in [1.165, 1.54) is 11.1 Å². The third-order valence-electron chi connectivity index (χ3n) is 3.35. The van der Waals surface area contributed by atoms with Crippen molar-refractivity contribution in [1.82, 2.24) is 20.1 Å². The van der Waals surface area contributed by atoms with Crippen LogP contribution in [-0.4, -0.2) is 32.5 Å². The largest absolute Gasteiger partial charge is 0.366 e. The normalized spacial score (nSPS) is 14.8. The van der Waals surface area contributed by atoms with Crippen LogP contribution < -0.4 is 5.73 Å². The van der Waals surface area contributed by atoms with E-state index >= 15 is 0 Å². The first kappa shape index (κ1) is 11.7. The number of nitrogens with zero attached hydrogens (tertiary/aromatic N) is 3. The molecule has 0 saturated carbocycles. The number of amides is 1. The quantitative estimate of drug-likeness (QED) is 0.797. The maximum atomic E-state index is 12.3. The van der Waals surface area contributed by atoms with Crippen molar-refractivity contribution >= 4 is 11.9 Å². The number of benzene rings is 1. The first-order valence-corrected chi connectivity index (χ1v) is 6.28. The Kier molecular flexibility index (Phi) is 2.91. The van der Waals surface area contributed by atoms with Crippen LogP contribution in [0.4, 0.5) is 5.95 Å². The Morgan fingerprint density at radius 2 is 2.11 bits per heavy atom. The van der Waals surface area contributed by atoms with Crippen molar-refractivity contribution in [1.29, 1.82) is 0 Å². The Morgan fingerprint density at radius 3 is 2.84 bits per heavy atom. The van der Waals surface area contributed by atoms with E-state index in [9.17, 15) is 4.79 Å². The van der Waals surface area contributed by atoms with Gasteiger partial charge >= 0.3 is 0 Å². The summed E-state index contributed by atoms with van der Waals surface area (Å²) in [6, 6.07) is 8.22. The highest BCUT2D eigenvalue weighted by Crippen LogP contribution is 2.19. The van der Waals surface area contributed by atoms with Crippen molar-refractivity contribution in [2.75, 3.05) is 12.3 Å². The molecule has 98 valence electrons. The highest BCUT2D eigenvalue weighted by atomic mass is 16.2. The number of aryl methyl sites for hydroxylation is 1. The Bertz CT molecular complexity index is 607. The summed E-state index contributed by atoms with van der Waals surface area (Å²) in [5, 5.41) is 6.26. The van der Waals surface area contributed by atoms with Gasteiger partial charge in [-0.1, -0.05) is 24.3 Å². The van der Waals surface area contributed by atoms with Gasteiger partial charge in [0.15, 0.2) is 0 Å². The summed E-state index contributed by atoms with van der Waals surface area (Å²) in [5.41, 5.74) is 7.94. The van der Waals surface area contributed by atoms with Crippen molar-refractivity contribution in [3.63, 3.8) is 0 Å². The van der Waals surface area contributed by atoms with Crippen LogP contribution in [-0.2, 0) is 13.0 Å². The molecule has 1 aromatic carbocycles. The SMILES string of the molecule is Nc1n[nH]c(C(=O)N2CCCc3ccccc3C2)n1. The standard InChI is InChI=1S/C13H15N5O/c14-13-15-11(16-17-13)12(19)18-7-3-6-9-4-1-2-5-10(9)8-18/h1-2,4-5H,3,6-8H2,(H3,14,15,16,17). The molecule has 2 heterocycles. The molecule has 1 aromatic heterocycles. The summed E-state index contributed by atoms with van der Waals surface area (Å²) in [7, 11) is 0. The molecule has 6 nitrogen and oxygen atoms in total. The van der Waals surface area contributed by atoms with E-state index in [0.717, 1.165) is 12.8 Å². The third kappa shape index (κ3) is 2.29. The van der Waals surface area contributed by atoms with Gasteiger partial charge < -0.3 is 10.6 Å². The fourth-order valence-electron chi connectivity index (χ4n) is 2.39. The lowest BCUT2D eigenvalue weighted by Gasteiger charge is -2.19. The lowest BCUT2D eigenvalue weighted by molar-refractivity contribution is 0.0734. The lowest BCUT2D eigenvalue weighted by atomic mass is 10.0. The monoisotopic (exact) mass is 257 g/mol. The molecule has 2 aromatic rings. The summed E-state index contributed by atoms with van der Waals surface area (Å²) in [6.07, 6.45) is 1.95. The second-order valence-electron chi connectivity index (χ2n) is 4.64. The molecule has 0 unspecified atom stereocenters. The van der Waals surface area contributed by atoms with Gasteiger partial charge in [-0.05, 0) is 24.0 Å². The zero-order valence-electron chi connectivity index (χ0n) is 10.5. The van der Waals surface area contributed by atoms with Gasteiger partial charge in [-0.25, -0.2) is 0 Å². The van der Waals surface area contributed by atoms with Crippen molar-refractivity contribution in [2.24, 2.45) is 0 Å². The Morgan fingerprint density at radius 1 is 1.32 bits per heavy atom. The number of rotatable bonds is 1. The number of carbonyl (C=O) groups excluding carboxylic acids is 1. The van der Waals surface area contributed by atoms with E-state index in [2.05, 4.69) is 27.3 Å². The van der Waals surface area contributed by atoms with Gasteiger partial charge in [0.2, 0.25) is 11.8 Å². The maximum absolute atomic E-state index is 12.3. The zero-order valence-corrected chi connectivity index (χ0v) is 10.5. The fraction of sp³-hybridized carbons (Fsp3) is 0.308. The van der Waals surface area contributed by atoms with Crippen molar-refractivity contribution < 1.29 is 4.79 Å². The molecule has 1 aliphatic rings. The average Bonchev–Trinajstić information content (AvgIpc) is 2.74. The van der Waals surface area contributed by atoms with Gasteiger partial charge in [0.1, 0.15) is 0 Å². The molecule has 3 rings (SSSR count). The predicted octanol–water partition coefficient (Wildman–Crippen LogP) is 0.975. The summed E-state index contributed by atoms with van der Waals surface area (Å²) >= 11 is 0. The molecule has 6 heteroatoms. The molecule has 0 bridgehead atoms. The molecule has 0 atom stereocenters. The molecule has 1 amide bonds. The Hall–Kier alpha value is -2.37. The molecule has 19 heavy (non-hydrogen) atoms. The van der Waals surface area contributed by atoms with Crippen LogP contribution in [0.3, 0.4) is 0 Å². The summed E-state index contributed by atoms with van der Waals surface area (Å²) in [5.74, 6) is 0.149. The fourth-order valence-corrected chi connectivity index (χ4v) is 2.39. The van der Waals surface area contributed by atoms with Crippen LogP contribution >= 0.6 is 0 Å². The van der Waals surface area contributed by atoms with Crippen LogP contribution in [0, 0.1) is 0 Å². The lowest BCUT2D eigenvalue weighted by Crippen LogP contribution is -2.31. The molecule has 0 saturated heterocycles. The second kappa shape index (κ2) is 4.72. The molecule has 1 aliphatic heterocycles. The number of fused-ring (bicyclic) bond motifs is 1. The molecule has 0 radical (unpaired) electrons. The minimum Gasteiger partial charge on any atom is -0.366 e. The summed E-state index contributed by atoms with van der Waals surface area (Å²) in [4.78, 5) is 18.0. The Labute approximate surface area is 110 Å². The zero-order chi connectivity index (χ0) is 13.2. The van der Waals surface area contributed by atoms with Crippen LogP contribution in [0.2, 0.25) is 0 Å². The maximum Gasteiger partial charge on any atom is 0.291 e. The number of H-pyrrole nitrogens is 1. The smallest absolute Gasteiger partial charge is 0.291 e. The number of nitrogens with two attached hydrogens (primary N) is 1. The van der Waals surface area contributed by atoms with E-state index in [4.69, 9.17) is 5.73 Å². The topological polar surface area (TPSA) is 87.9 Å². The first-order chi connectivity index (χ1) is 9.24. The average molecular weight is 257 g/mol. The Balaban J connectivity index is 1.84. The number of carbonyl (C=O) groups is 1. The minimum absolute atomic E-state index is 0.0959. The van der Waals surface area contributed by atoms with Crippen LogP contribution in [0.1, 0.15) is 28.2 Å². The third-order valence-corrected chi connectivity index (χ3v) is 3.35. The molecular weight excluding hydrogens is 242 g/mol. The van der Waals surface area contributed by atoms with Crippen LogP contribution in [0.25, 0.3) is 0 Å².